The largest absolute Gasteiger partial charge is 0.464 e. The maximum absolute atomic E-state index is 11.9. The zero-order valence-corrected chi connectivity index (χ0v) is 17.0. The van der Waals surface area contributed by atoms with Gasteiger partial charge in [0, 0.05) is 23.8 Å². The average molecular weight is 413 g/mol. The molecule has 0 saturated heterocycles. The number of amides is 1. The van der Waals surface area contributed by atoms with Gasteiger partial charge in [-0.1, -0.05) is 29.8 Å². The van der Waals surface area contributed by atoms with Crippen molar-refractivity contribution in [1.82, 2.24) is 15.5 Å². The fourth-order valence-corrected chi connectivity index (χ4v) is 3.22. The van der Waals surface area contributed by atoms with Gasteiger partial charge in [0.1, 0.15) is 6.61 Å². The van der Waals surface area contributed by atoms with Gasteiger partial charge in [0.05, 0.1) is 13.0 Å². The highest BCUT2D eigenvalue weighted by atomic mass is 32.1. The number of benzene rings is 1. The molecule has 0 spiro atoms. The van der Waals surface area contributed by atoms with Gasteiger partial charge in [-0.3, -0.25) is 9.59 Å². The summed E-state index contributed by atoms with van der Waals surface area (Å²) in [7, 11) is 0. The van der Waals surface area contributed by atoms with Crippen molar-refractivity contribution in [2.75, 3.05) is 13.2 Å². The fraction of sp³-hybridized carbons (Fsp3) is 0.333. The summed E-state index contributed by atoms with van der Waals surface area (Å²) in [6.45, 7) is 2.46. The lowest BCUT2D eigenvalue weighted by Gasteiger charge is -2.07. The van der Waals surface area contributed by atoms with E-state index in [1.165, 1.54) is 5.56 Å². The number of aromatic nitrogens is 2. The summed E-state index contributed by atoms with van der Waals surface area (Å²) in [6, 6.07) is 10.0. The Labute approximate surface area is 173 Å². The van der Waals surface area contributed by atoms with Gasteiger partial charge < -0.3 is 14.5 Å². The molecule has 0 saturated carbocycles. The molecular formula is C21H23N3O4S. The van der Waals surface area contributed by atoms with Gasteiger partial charge in [0.25, 0.3) is 0 Å². The van der Waals surface area contributed by atoms with Gasteiger partial charge in [-0.15, -0.1) is 10.2 Å². The van der Waals surface area contributed by atoms with Gasteiger partial charge >= 0.3 is 5.97 Å². The monoisotopic (exact) mass is 413 g/mol. The number of ether oxygens (including phenoxy) is 1. The van der Waals surface area contributed by atoms with Crippen LogP contribution in [0.15, 0.2) is 45.5 Å². The van der Waals surface area contributed by atoms with E-state index in [1.807, 2.05) is 48.0 Å². The van der Waals surface area contributed by atoms with Gasteiger partial charge in [0.15, 0.2) is 0 Å². The van der Waals surface area contributed by atoms with Crippen molar-refractivity contribution >= 4 is 23.2 Å². The van der Waals surface area contributed by atoms with Crippen LogP contribution in [0.5, 0.6) is 0 Å². The van der Waals surface area contributed by atoms with Crippen LogP contribution in [0.25, 0.3) is 11.5 Å². The number of carbonyl (C=O) groups excluding carboxylic acids is 2. The van der Waals surface area contributed by atoms with E-state index in [0.29, 0.717) is 37.6 Å². The van der Waals surface area contributed by atoms with Crippen LogP contribution in [0.3, 0.4) is 0 Å². The Morgan fingerprint density at radius 3 is 2.69 bits per heavy atom. The first-order valence-corrected chi connectivity index (χ1v) is 10.4. The van der Waals surface area contributed by atoms with E-state index in [-0.39, 0.29) is 24.9 Å². The minimum atomic E-state index is -0.366. The van der Waals surface area contributed by atoms with Gasteiger partial charge in [-0.2, -0.15) is 11.3 Å². The van der Waals surface area contributed by atoms with Crippen molar-refractivity contribution < 1.29 is 18.7 Å². The maximum Gasteiger partial charge on any atom is 0.306 e. The Bertz CT molecular complexity index is 920. The number of aryl methyl sites for hydroxylation is 3. The second-order valence-electron chi connectivity index (χ2n) is 6.57. The Balaban J connectivity index is 1.27. The molecular weight excluding hydrogens is 390 g/mol. The van der Waals surface area contributed by atoms with Crippen LogP contribution in [0.2, 0.25) is 0 Å². The average Bonchev–Trinajstić information content (AvgIpc) is 3.41. The summed E-state index contributed by atoms with van der Waals surface area (Å²) in [5.74, 6) is 0.415. The van der Waals surface area contributed by atoms with Crippen molar-refractivity contribution in [3.05, 3.63) is 58.1 Å². The summed E-state index contributed by atoms with van der Waals surface area (Å²) in [4.78, 5) is 23.7. The summed E-state index contributed by atoms with van der Waals surface area (Å²) in [5.41, 5.74) is 3.19. The molecule has 0 aliphatic heterocycles. The van der Waals surface area contributed by atoms with E-state index < -0.39 is 0 Å². The van der Waals surface area contributed by atoms with Gasteiger partial charge in [0.2, 0.25) is 17.7 Å². The molecule has 1 aromatic carbocycles. The van der Waals surface area contributed by atoms with Crippen LogP contribution in [-0.2, 0) is 27.2 Å². The van der Waals surface area contributed by atoms with Crippen molar-refractivity contribution in [3.8, 4) is 11.5 Å². The SMILES string of the molecule is Cc1ccc(CCC(=O)NCCOC(=O)CCc2nnc(-c3ccsc3)o2)cc1. The lowest BCUT2D eigenvalue weighted by atomic mass is 10.1. The Morgan fingerprint density at radius 1 is 1.10 bits per heavy atom. The molecule has 3 aromatic rings. The molecule has 0 atom stereocenters. The predicted molar refractivity (Wildman–Crippen MR) is 109 cm³/mol. The molecule has 152 valence electrons. The van der Waals surface area contributed by atoms with Crippen LogP contribution < -0.4 is 5.32 Å². The first-order valence-electron chi connectivity index (χ1n) is 9.43. The second kappa shape index (κ2) is 10.5. The molecule has 0 aliphatic rings. The molecule has 1 N–H and O–H groups in total. The number of esters is 1. The number of hydrogen-bond acceptors (Lipinski definition) is 7. The van der Waals surface area contributed by atoms with Gasteiger partial charge in [-0.05, 0) is 30.4 Å². The topological polar surface area (TPSA) is 94.3 Å². The smallest absolute Gasteiger partial charge is 0.306 e. The first-order chi connectivity index (χ1) is 14.1. The highest BCUT2D eigenvalue weighted by molar-refractivity contribution is 7.08. The molecule has 8 heteroatoms. The zero-order valence-electron chi connectivity index (χ0n) is 16.2. The number of thiophene rings is 1. The maximum atomic E-state index is 11.9. The molecule has 2 heterocycles. The third-order valence-corrected chi connectivity index (χ3v) is 4.91. The van der Waals surface area contributed by atoms with E-state index >= 15 is 0 Å². The number of rotatable bonds is 10. The minimum absolute atomic E-state index is 0.0616. The summed E-state index contributed by atoms with van der Waals surface area (Å²) >= 11 is 1.55. The zero-order chi connectivity index (χ0) is 20.5. The second-order valence-corrected chi connectivity index (χ2v) is 7.35. The lowest BCUT2D eigenvalue weighted by molar-refractivity contribution is -0.144. The van der Waals surface area contributed by atoms with Gasteiger partial charge in [-0.25, -0.2) is 0 Å². The number of nitrogens with one attached hydrogen (secondary N) is 1. The Hall–Kier alpha value is -3.00. The molecule has 0 fully saturated rings. The molecule has 7 nitrogen and oxygen atoms in total. The van der Waals surface area contributed by atoms with Crippen molar-refractivity contribution in [2.45, 2.75) is 32.6 Å². The summed E-state index contributed by atoms with van der Waals surface area (Å²) in [6.07, 6.45) is 1.55. The van der Waals surface area contributed by atoms with E-state index in [4.69, 9.17) is 9.15 Å². The molecule has 2 aromatic heterocycles. The molecule has 1 amide bonds. The van der Waals surface area contributed by atoms with E-state index in [1.54, 1.807) is 11.3 Å². The molecule has 0 unspecified atom stereocenters. The standard InChI is InChI=1S/C21H23N3O4S/c1-15-2-4-16(5-3-15)6-7-18(25)22-11-12-27-20(26)9-8-19-23-24-21(28-19)17-10-13-29-14-17/h2-5,10,13-14H,6-9,11-12H2,1H3,(H,22,25). The molecule has 0 radical (unpaired) electrons. The third kappa shape index (κ3) is 6.83. The number of nitrogens with zero attached hydrogens (tertiary/aromatic N) is 2. The molecule has 3 rings (SSSR count). The number of hydrogen-bond donors (Lipinski definition) is 1. The predicted octanol–water partition coefficient (Wildman–Crippen LogP) is 3.33. The normalized spacial score (nSPS) is 10.7. The van der Waals surface area contributed by atoms with E-state index in [0.717, 1.165) is 11.1 Å². The van der Waals surface area contributed by atoms with Crippen molar-refractivity contribution in [3.63, 3.8) is 0 Å². The molecule has 0 aliphatic carbocycles. The van der Waals surface area contributed by atoms with E-state index in [2.05, 4.69) is 15.5 Å². The summed E-state index contributed by atoms with van der Waals surface area (Å²) < 4.78 is 10.7. The van der Waals surface area contributed by atoms with Crippen molar-refractivity contribution in [2.24, 2.45) is 0 Å². The molecule has 29 heavy (non-hydrogen) atoms. The van der Waals surface area contributed by atoms with Crippen LogP contribution in [0.1, 0.15) is 29.9 Å². The fourth-order valence-electron chi connectivity index (χ4n) is 2.59. The quantitative estimate of drug-likeness (QED) is 0.405. The Kier molecular flexibility index (Phi) is 7.52. The third-order valence-electron chi connectivity index (χ3n) is 4.23. The van der Waals surface area contributed by atoms with Crippen LogP contribution >= 0.6 is 11.3 Å². The van der Waals surface area contributed by atoms with Crippen LogP contribution in [0.4, 0.5) is 0 Å². The van der Waals surface area contributed by atoms with Crippen molar-refractivity contribution in [1.29, 1.82) is 0 Å². The molecule has 0 bridgehead atoms. The highest BCUT2D eigenvalue weighted by Gasteiger charge is 2.11. The summed E-state index contributed by atoms with van der Waals surface area (Å²) in [5, 5.41) is 14.5. The minimum Gasteiger partial charge on any atom is -0.464 e. The Morgan fingerprint density at radius 2 is 1.93 bits per heavy atom. The lowest BCUT2D eigenvalue weighted by Crippen LogP contribution is -2.28. The van der Waals surface area contributed by atoms with E-state index in [9.17, 15) is 9.59 Å². The van der Waals surface area contributed by atoms with Crippen LogP contribution in [-0.4, -0.2) is 35.2 Å². The van der Waals surface area contributed by atoms with Crippen LogP contribution in [0, 0.1) is 6.92 Å². The first kappa shape index (κ1) is 20.7. The highest BCUT2D eigenvalue weighted by Crippen LogP contribution is 2.20. The number of carbonyl (C=O) groups is 2.